The van der Waals surface area contributed by atoms with Crippen LogP contribution in [0.15, 0.2) is 180 Å². The fraction of sp³-hybridized carbons (Fsp3) is 0.0588. The molecule has 0 unspecified atom stereocenters. The largest absolute Gasteiger partial charge is 0.455 e. The first-order chi connectivity index (χ1) is 27.0. The third kappa shape index (κ3) is 4.49. The quantitative estimate of drug-likeness (QED) is 0.171. The van der Waals surface area contributed by atoms with Gasteiger partial charge < -0.3 is 9.32 Å². The highest BCUT2D eigenvalue weighted by Crippen LogP contribution is 2.43. The van der Waals surface area contributed by atoms with E-state index in [0.29, 0.717) is 0 Å². The van der Waals surface area contributed by atoms with Gasteiger partial charge in [0, 0.05) is 33.4 Å². The van der Waals surface area contributed by atoms with Crippen molar-refractivity contribution in [2.24, 2.45) is 0 Å². The SMILES string of the molecule is Cc1cc(C)c(B2c3ccccc3N3c4cc(-c5cccc6c5oc5ccccc56)ccc4[Si](c4ccccc4)(c4ccccc4)c4cccc2c43)c(C)c1. The summed E-state index contributed by atoms with van der Waals surface area (Å²) in [4.78, 5) is 2.62. The molecule has 55 heavy (non-hydrogen) atoms. The molecule has 9 aromatic rings. The zero-order valence-corrected chi connectivity index (χ0v) is 32.2. The van der Waals surface area contributed by atoms with Gasteiger partial charge in [-0.15, -0.1) is 0 Å². The summed E-state index contributed by atoms with van der Waals surface area (Å²) in [6.45, 7) is 6.90. The lowest BCUT2D eigenvalue weighted by Gasteiger charge is -2.49. The number of nitrogens with zero attached hydrogens (tertiary/aromatic N) is 1. The van der Waals surface area contributed by atoms with Crippen LogP contribution in [-0.4, -0.2) is 14.8 Å². The van der Waals surface area contributed by atoms with Crippen LogP contribution in [-0.2, 0) is 0 Å². The summed E-state index contributed by atoms with van der Waals surface area (Å²) in [5.41, 5.74) is 16.0. The molecule has 260 valence electrons. The van der Waals surface area contributed by atoms with E-state index in [-0.39, 0.29) is 6.71 Å². The first kappa shape index (κ1) is 32.1. The second-order valence-electron chi connectivity index (χ2n) is 15.4. The van der Waals surface area contributed by atoms with Gasteiger partial charge >= 0.3 is 0 Å². The van der Waals surface area contributed by atoms with Gasteiger partial charge in [0.25, 0.3) is 0 Å². The first-order valence-electron chi connectivity index (χ1n) is 19.3. The number of furan rings is 1. The van der Waals surface area contributed by atoms with E-state index >= 15 is 0 Å². The minimum Gasteiger partial charge on any atom is -0.455 e. The molecule has 4 heteroatoms. The van der Waals surface area contributed by atoms with Crippen LogP contribution in [0.3, 0.4) is 0 Å². The van der Waals surface area contributed by atoms with Gasteiger partial charge in [-0.2, -0.15) is 0 Å². The Balaban J connectivity index is 1.28. The van der Waals surface area contributed by atoms with Crippen LogP contribution in [0.4, 0.5) is 17.1 Å². The number of benzene rings is 8. The van der Waals surface area contributed by atoms with Crippen molar-refractivity contribution in [1.29, 1.82) is 0 Å². The maximum Gasteiger partial charge on any atom is 0.247 e. The van der Waals surface area contributed by atoms with E-state index in [1.54, 1.807) is 0 Å². The molecule has 0 spiro atoms. The van der Waals surface area contributed by atoms with Gasteiger partial charge in [0.1, 0.15) is 11.2 Å². The summed E-state index contributed by atoms with van der Waals surface area (Å²) in [6, 6.07) is 66.0. The summed E-state index contributed by atoms with van der Waals surface area (Å²) in [6.07, 6.45) is 0. The second-order valence-corrected chi connectivity index (χ2v) is 19.1. The molecular weight excluding hydrogens is 681 g/mol. The second kappa shape index (κ2) is 12.1. The molecule has 0 amide bonds. The number of fused-ring (bicyclic) bond motifs is 7. The molecule has 2 nitrogen and oxygen atoms in total. The van der Waals surface area contributed by atoms with Crippen molar-refractivity contribution >= 4 is 90.9 Å². The molecule has 0 fully saturated rings. The van der Waals surface area contributed by atoms with E-state index in [4.69, 9.17) is 4.42 Å². The van der Waals surface area contributed by atoms with Crippen LogP contribution < -0.4 is 42.0 Å². The third-order valence-electron chi connectivity index (χ3n) is 12.3. The summed E-state index contributed by atoms with van der Waals surface area (Å²) in [7, 11) is -2.89. The maximum atomic E-state index is 6.65. The molecule has 0 N–H and O–H groups in total. The van der Waals surface area contributed by atoms with E-state index in [1.165, 1.54) is 70.9 Å². The summed E-state index contributed by atoms with van der Waals surface area (Å²) in [5.74, 6) is 0. The summed E-state index contributed by atoms with van der Waals surface area (Å²) < 4.78 is 6.65. The van der Waals surface area contributed by atoms with Crippen LogP contribution in [0.25, 0.3) is 33.1 Å². The number of rotatable bonds is 4. The van der Waals surface area contributed by atoms with Crippen molar-refractivity contribution in [2.45, 2.75) is 20.8 Å². The van der Waals surface area contributed by atoms with Crippen LogP contribution >= 0.6 is 0 Å². The minimum absolute atomic E-state index is 0.0928. The number of hydrogen-bond donors (Lipinski definition) is 0. The van der Waals surface area contributed by atoms with E-state index < -0.39 is 8.07 Å². The molecule has 2 aliphatic heterocycles. The van der Waals surface area contributed by atoms with E-state index in [2.05, 4.69) is 202 Å². The summed E-state index contributed by atoms with van der Waals surface area (Å²) in [5, 5.41) is 7.90. The van der Waals surface area contributed by atoms with Crippen molar-refractivity contribution in [3.8, 4) is 11.1 Å². The zero-order valence-electron chi connectivity index (χ0n) is 31.2. The lowest BCUT2D eigenvalue weighted by Crippen LogP contribution is -2.78. The lowest BCUT2D eigenvalue weighted by molar-refractivity contribution is 0.670. The number of aryl methyl sites for hydroxylation is 3. The smallest absolute Gasteiger partial charge is 0.247 e. The van der Waals surface area contributed by atoms with Gasteiger partial charge in [-0.3, -0.25) is 0 Å². The highest BCUT2D eigenvalue weighted by Gasteiger charge is 2.52. The van der Waals surface area contributed by atoms with Gasteiger partial charge in [-0.25, -0.2) is 0 Å². The minimum atomic E-state index is -2.89. The molecule has 0 aliphatic carbocycles. The molecule has 3 heterocycles. The number of hydrogen-bond acceptors (Lipinski definition) is 2. The highest BCUT2D eigenvalue weighted by molar-refractivity contribution is 7.22. The van der Waals surface area contributed by atoms with Gasteiger partial charge in [-0.05, 0) is 76.2 Å². The van der Waals surface area contributed by atoms with Crippen molar-refractivity contribution < 1.29 is 4.42 Å². The Bertz CT molecular complexity index is 2920. The van der Waals surface area contributed by atoms with Crippen molar-refractivity contribution in [2.75, 3.05) is 4.90 Å². The van der Waals surface area contributed by atoms with Crippen LogP contribution in [0.5, 0.6) is 0 Å². The van der Waals surface area contributed by atoms with Crippen LogP contribution in [0, 0.1) is 20.8 Å². The van der Waals surface area contributed by atoms with Crippen molar-refractivity contribution in [3.63, 3.8) is 0 Å². The molecular formula is C51H38BNOSi. The predicted octanol–water partition coefficient (Wildman–Crippen LogP) is 8.17. The van der Waals surface area contributed by atoms with Crippen molar-refractivity contribution in [1.82, 2.24) is 0 Å². The van der Waals surface area contributed by atoms with Crippen molar-refractivity contribution in [3.05, 3.63) is 193 Å². The average molecular weight is 720 g/mol. The number of anilines is 3. The Morgan fingerprint density at radius 3 is 1.91 bits per heavy atom. The van der Waals surface area contributed by atoms with Gasteiger partial charge in [-0.1, -0.05) is 180 Å². The fourth-order valence-corrected chi connectivity index (χ4v) is 15.4. The normalized spacial score (nSPS) is 13.8. The van der Waals surface area contributed by atoms with E-state index in [0.717, 1.165) is 33.1 Å². The standard InChI is InChI=1S/C51H38BNOSi/c1-33-30-34(2)49(35(3)31-33)52-42-23-11-12-25-44(42)53-45-32-36(39-21-14-22-41-40-20-10-13-26-46(40)54-51(39)41)28-29-47(45)55(37-16-6-4-7-17-37,38-18-8-5-9-19-38)48-27-15-24-43(52)50(48)53/h4-32H,1-3H3. The Kier molecular flexibility index (Phi) is 7.05. The predicted molar refractivity (Wildman–Crippen MR) is 236 cm³/mol. The Labute approximate surface area is 323 Å². The first-order valence-corrected chi connectivity index (χ1v) is 21.3. The van der Waals surface area contributed by atoms with Gasteiger partial charge in [0.2, 0.25) is 6.71 Å². The Morgan fingerprint density at radius 2 is 1.15 bits per heavy atom. The third-order valence-corrected chi connectivity index (χ3v) is 17.1. The molecule has 1 aromatic heterocycles. The maximum absolute atomic E-state index is 6.65. The van der Waals surface area contributed by atoms with Gasteiger partial charge in [0.05, 0.1) is 0 Å². The fourth-order valence-electron chi connectivity index (χ4n) is 10.3. The van der Waals surface area contributed by atoms with Gasteiger partial charge in [0.15, 0.2) is 8.07 Å². The number of para-hydroxylation sites is 4. The molecule has 0 bridgehead atoms. The molecule has 0 radical (unpaired) electrons. The molecule has 8 aromatic carbocycles. The van der Waals surface area contributed by atoms with Crippen LogP contribution in [0.1, 0.15) is 16.7 Å². The topological polar surface area (TPSA) is 16.4 Å². The van der Waals surface area contributed by atoms with E-state index in [1.807, 2.05) is 0 Å². The molecule has 0 saturated carbocycles. The molecule has 2 aliphatic rings. The zero-order chi connectivity index (χ0) is 36.8. The molecule has 0 saturated heterocycles. The lowest BCUT2D eigenvalue weighted by atomic mass is 9.34. The Morgan fingerprint density at radius 1 is 0.509 bits per heavy atom. The monoisotopic (exact) mass is 719 g/mol. The van der Waals surface area contributed by atoms with E-state index in [9.17, 15) is 0 Å². The Hall–Kier alpha value is -6.36. The average Bonchev–Trinajstić information content (AvgIpc) is 3.61. The molecule has 0 atom stereocenters. The highest BCUT2D eigenvalue weighted by atomic mass is 28.3. The van der Waals surface area contributed by atoms with Crippen LogP contribution in [0.2, 0.25) is 0 Å². The summed E-state index contributed by atoms with van der Waals surface area (Å²) >= 11 is 0. The molecule has 11 rings (SSSR count).